The van der Waals surface area contributed by atoms with Crippen LogP contribution in [0.4, 0.5) is 0 Å². The minimum Gasteiger partial charge on any atom is -0.352 e. The number of thioether (sulfide) groups is 1. The van der Waals surface area contributed by atoms with Gasteiger partial charge in [-0.25, -0.2) is 4.68 Å². The van der Waals surface area contributed by atoms with E-state index in [1.54, 1.807) is 18.0 Å². The molecule has 1 amide bonds. The van der Waals surface area contributed by atoms with Gasteiger partial charge in [0.1, 0.15) is 0 Å². The molecule has 1 N–H and O–H groups in total. The maximum absolute atomic E-state index is 12.2. The highest BCUT2D eigenvalue weighted by Crippen LogP contribution is 2.29. The van der Waals surface area contributed by atoms with E-state index in [0.717, 1.165) is 17.9 Å². The Balaban J connectivity index is 1.42. The number of benzene rings is 1. The van der Waals surface area contributed by atoms with Gasteiger partial charge in [0.05, 0.1) is 11.4 Å². The Morgan fingerprint density at radius 2 is 2.08 bits per heavy atom. The molecule has 1 saturated carbocycles. The van der Waals surface area contributed by atoms with E-state index in [-0.39, 0.29) is 5.91 Å². The molecule has 1 fully saturated rings. The van der Waals surface area contributed by atoms with E-state index < -0.39 is 0 Å². The van der Waals surface area contributed by atoms with Crippen LogP contribution < -0.4 is 5.32 Å². The van der Waals surface area contributed by atoms with Gasteiger partial charge in [-0.3, -0.25) is 4.79 Å². The quantitative estimate of drug-likeness (QED) is 0.848. The fourth-order valence-corrected chi connectivity index (χ4v) is 4.26. The van der Waals surface area contributed by atoms with Crippen LogP contribution in [-0.4, -0.2) is 27.5 Å². The second-order valence-corrected chi connectivity index (χ2v) is 8.04. The van der Waals surface area contributed by atoms with E-state index >= 15 is 0 Å². The molecule has 3 rings (SSSR count). The van der Waals surface area contributed by atoms with Crippen molar-refractivity contribution in [1.29, 1.82) is 0 Å². The van der Waals surface area contributed by atoms with Gasteiger partial charge in [0.2, 0.25) is 5.91 Å². The smallest absolute Gasteiger partial charge is 0.230 e. The molecule has 0 saturated heterocycles. The molecular formula is C20H27N3OS. The lowest BCUT2D eigenvalue weighted by Gasteiger charge is -2.34. The van der Waals surface area contributed by atoms with Crippen LogP contribution in [0.15, 0.2) is 42.7 Å². The highest BCUT2D eigenvalue weighted by molar-refractivity contribution is 7.99. The highest BCUT2D eigenvalue weighted by atomic mass is 32.2. The number of hydrogen-bond donors (Lipinski definition) is 1. The van der Waals surface area contributed by atoms with Gasteiger partial charge in [0.15, 0.2) is 0 Å². The molecule has 1 aromatic heterocycles. The molecule has 0 spiro atoms. The average Bonchev–Trinajstić information content (AvgIpc) is 3.14. The zero-order valence-corrected chi connectivity index (χ0v) is 15.8. The number of hydrogen-bond acceptors (Lipinski definition) is 3. The fourth-order valence-electron chi connectivity index (χ4n) is 3.46. The predicted octanol–water partition coefficient (Wildman–Crippen LogP) is 4.05. The minimum atomic E-state index is 0.170. The van der Waals surface area contributed by atoms with Crippen molar-refractivity contribution >= 4 is 17.7 Å². The zero-order chi connectivity index (χ0) is 17.6. The van der Waals surface area contributed by atoms with Crippen molar-refractivity contribution in [3.05, 3.63) is 48.3 Å². The van der Waals surface area contributed by atoms with Crippen molar-refractivity contribution in [2.45, 2.75) is 44.9 Å². The molecule has 1 aliphatic rings. The van der Waals surface area contributed by atoms with E-state index in [2.05, 4.69) is 48.5 Å². The van der Waals surface area contributed by atoms with Crippen molar-refractivity contribution in [2.75, 3.05) is 5.75 Å². The standard InChI is InChI=1S/C20H27N3OS/c1-15-5-3-6-19(16(15)2)22-20(24)14-25-13-17-7-9-18(10-8-17)23-12-4-11-21-23/h4,7-12,15-16,19H,3,5-6,13-14H2,1-2H3,(H,22,24). The summed E-state index contributed by atoms with van der Waals surface area (Å²) in [5.74, 6) is 2.84. The van der Waals surface area contributed by atoms with Gasteiger partial charge in [-0.1, -0.05) is 38.8 Å². The Morgan fingerprint density at radius 1 is 1.28 bits per heavy atom. The number of carbonyl (C=O) groups is 1. The number of amides is 1. The lowest BCUT2D eigenvalue weighted by molar-refractivity contribution is -0.119. The average molecular weight is 358 g/mol. The lowest BCUT2D eigenvalue weighted by Crippen LogP contribution is -2.44. The van der Waals surface area contributed by atoms with Crippen LogP contribution in [0.1, 0.15) is 38.7 Å². The first-order valence-corrected chi connectivity index (χ1v) is 10.2. The number of rotatable bonds is 6. The number of nitrogens with one attached hydrogen (secondary N) is 1. The Labute approximate surface area is 154 Å². The molecule has 1 aliphatic carbocycles. The Kier molecular flexibility index (Phi) is 6.19. The third-order valence-corrected chi connectivity index (χ3v) is 6.26. The van der Waals surface area contributed by atoms with E-state index in [9.17, 15) is 4.79 Å². The topological polar surface area (TPSA) is 46.9 Å². The van der Waals surface area contributed by atoms with E-state index in [1.165, 1.54) is 18.4 Å². The largest absolute Gasteiger partial charge is 0.352 e. The molecular weight excluding hydrogens is 330 g/mol. The number of aromatic nitrogens is 2. The summed E-state index contributed by atoms with van der Waals surface area (Å²) in [5.41, 5.74) is 2.28. The van der Waals surface area contributed by atoms with Gasteiger partial charge in [-0.2, -0.15) is 5.10 Å². The first kappa shape index (κ1) is 18.1. The van der Waals surface area contributed by atoms with Crippen LogP contribution >= 0.6 is 11.8 Å². The van der Waals surface area contributed by atoms with Gasteiger partial charge in [0.25, 0.3) is 0 Å². The summed E-state index contributed by atoms with van der Waals surface area (Å²) in [6.07, 6.45) is 7.34. The van der Waals surface area contributed by atoms with Gasteiger partial charge >= 0.3 is 0 Å². The third-order valence-electron chi connectivity index (χ3n) is 5.26. The van der Waals surface area contributed by atoms with E-state index in [1.807, 2.05) is 16.9 Å². The molecule has 4 nitrogen and oxygen atoms in total. The summed E-state index contributed by atoms with van der Waals surface area (Å²) in [7, 11) is 0. The summed E-state index contributed by atoms with van der Waals surface area (Å²) < 4.78 is 1.84. The van der Waals surface area contributed by atoms with E-state index in [4.69, 9.17) is 0 Å². The maximum atomic E-state index is 12.2. The van der Waals surface area contributed by atoms with Gasteiger partial charge in [-0.15, -0.1) is 11.8 Å². The predicted molar refractivity (Wildman–Crippen MR) is 104 cm³/mol. The first-order chi connectivity index (χ1) is 12.1. The van der Waals surface area contributed by atoms with E-state index in [0.29, 0.717) is 23.6 Å². The summed E-state index contributed by atoms with van der Waals surface area (Å²) >= 11 is 1.67. The van der Waals surface area contributed by atoms with Crippen LogP contribution in [-0.2, 0) is 10.5 Å². The molecule has 134 valence electrons. The number of carbonyl (C=O) groups excluding carboxylic acids is 1. The molecule has 0 aliphatic heterocycles. The van der Waals surface area contributed by atoms with Crippen LogP contribution in [0.3, 0.4) is 0 Å². The molecule has 3 atom stereocenters. The maximum Gasteiger partial charge on any atom is 0.230 e. The Hall–Kier alpha value is -1.75. The second kappa shape index (κ2) is 8.56. The van der Waals surface area contributed by atoms with Gasteiger partial charge in [0, 0.05) is 24.2 Å². The minimum absolute atomic E-state index is 0.170. The highest BCUT2D eigenvalue weighted by Gasteiger charge is 2.27. The van der Waals surface area contributed by atoms with Crippen molar-refractivity contribution in [3.8, 4) is 5.69 Å². The van der Waals surface area contributed by atoms with Crippen molar-refractivity contribution < 1.29 is 4.79 Å². The summed E-state index contributed by atoms with van der Waals surface area (Å²) in [4.78, 5) is 12.2. The summed E-state index contributed by atoms with van der Waals surface area (Å²) in [5, 5.41) is 7.47. The van der Waals surface area contributed by atoms with Gasteiger partial charge < -0.3 is 5.32 Å². The molecule has 5 heteroatoms. The summed E-state index contributed by atoms with van der Waals surface area (Å²) in [6.45, 7) is 4.56. The molecule has 25 heavy (non-hydrogen) atoms. The molecule has 0 radical (unpaired) electrons. The van der Waals surface area contributed by atoms with Crippen LogP contribution in [0, 0.1) is 11.8 Å². The lowest BCUT2D eigenvalue weighted by atomic mass is 9.78. The molecule has 3 unspecified atom stereocenters. The first-order valence-electron chi connectivity index (χ1n) is 9.09. The third kappa shape index (κ3) is 4.88. The fraction of sp³-hybridized carbons (Fsp3) is 0.500. The molecule has 1 heterocycles. The number of nitrogens with zero attached hydrogens (tertiary/aromatic N) is 2. The summed E-state index contributed by atoms with van der Waals surface area (Å²) in [6, 6.07) is 10.6. The monoisotopic (exact) mass is 357 g/mol. The molecule has 2 aromatic rings. The van der Waals surface area contributed by atoms with Crippen molar-refractivity contribution in [1.82, 2.24) is 15.1 Å². The normalized spacial score (nSPS) is 23.4. The Bertz CT molecular complexity index is 669. The van der Waals surface area contributed by atoms with Crippen LogP contribution in [0.25, 0.3) is 5.69 Å². The Morgan fingerprint density at radius 3 is 2.80 bits per heavy atom. The molecule has 0 bridgehead atoms. The van der Waals surface area contributed by atoms with Crippen molar-refractivity contribution in [2.24, 2.45) is 11.8 Å². The van der Waals surface area contributed by atoms with Crippen LogP contribution in [0.2, 0.25) is 0 Å². The second-order valence-electron chi connectivity index (χ2n) is 7.05. The van der Waals surface area contributed by atoms with Gasteiger partial charge in [-0.05, 0) is 42.0 Å². The molecule has 1 aromatic carbocycles. The zero-order valence-electron chi connectivity index (χ0n) is 15.0. The van der Waals surface area contributed by atoms with Crippen LogP contribution in [0.5, 0.6) is 0 Å². The van der Waals surface area contributed by atoms with Crippen molar-refractivity contribution in [3.63, 3.8) is 0 Å². The SMILES string of the molecule is CC1CCCC(NC(=O)CSCc2ccc(-n3cccn3)cc2)C1C.